The first-order valence-electron chi connectivity index (χ1n) is 7.33. The van der Waals surface area contributed by atoms with Gasteiger partial charge < -0.3 is 0 Å². The van der Waals surface area contributed by atoms with Gasteiger partial charge in [0.05, 0.1) is 15.5 Å². The van der Waals surface area contributed by atoms with Crippen LogP contribution in [0.5, 0.6) is 0 Å². The number of hydrogen-bond donors (Lipinski definition) is 0. The van der Waals surface area contributed by atoms with E-state index in [1.54, 1.807) is 11.3 Å². The van der Waals surface area contributed by atoms with Gasteiger partial charge in [0.2, 0.25) is 0 Å². The van der Waals surface area contributed by atoms with Gasteiger partial charge in [-0.25, -0.2) is 4.98 Å². The van der Waals surface area contributed by atoms with Crippen LogP contribution in [0, 0.1) is 0 Å². The highest BCUT2D eigenvalue weighted by Gasteiger charge is 2.33. The number of rotatable bonds is 4. The molecule has 25 heavy (non-hydrogen) atoms. The van der Waals surface area contributed by atoms with E-state index in [9.17, 15) is 13.2 Å². The molecule has 3 heterocycles. The van der Waals surface area contributed by atoms with E-state index in [1.807, 2.05) is 22.1 Å². The number of alkyl halides is 3. The predicted octanol–water partition coefficient (Wildman–Crippen LogP) is 5.56. The van der Waals surface area contributed by atoms with Gasteiger partial charge in [-0.2, -0.15) is 13.2 Å². The van der Waals surface area contributed by atoms with Crippen molar-refractivity contribution in [1.82, 2.24) is 19.7 Å². The molecule has 4 nitrogen and oxygen atoms in total. The number of aromatic nitrogens is 4. The summed E-state index contributed by atoms with van der Waals surface area (Å²) in [5.41, 5.74) is -0.871. The minimum absolute atomic E-state index is 0.0529. The van der Waals surface area contributed by atoms with E-state index in [1.165, 1.54) is 0 Å². The normalized spacial score (nSPS) is 14.9. The number of nitrogens with zero attached hydrogens (tertiary/aromatic N) is 4. The fourth-order valence-corrected chi connectivity index (χ4v) is 4.16. The van der Waals surface area contributed by atoms with Crippen LogP contribution in [0.15, 0.2) is 40.0 Å². The molecular formula is C15H10ClF3N4S2. The summed E-state index contributed by atoms with van der Waals surface area (Å²) in [5.74, 6) is 0.767. The summed E-state index contributed by atoms with van der Waals surface area (Å²) in [6.45, 7) is 0. The maximum atomic E-state index is 12.7. The van der Waals surface area contributed by atoms with Crippen LogP contribution in [0.2, 0.25) is 5.02 Å². The third-order valence-electron chi connectivity index (χ3n) is 3.64. The Morgan fingerprint density at radius 2 is 2.08 bits per heavy atom. The molecule has 0 saturated heterocycles. The summed E-state index contributed by atoms with van der Waals surface area (Å²) < 4.78 is 40.2. The van der Waals surface area contributed by atoms with Crippen molar-refractivity contribution in [3.8, 4) is 10.7 Å². The smallest absolute Gasteiger partial charge is 0.298 e. The number of halogens is 4. The highest BCUT2D eigenvalue weighted by Crippen LogP contribution is 2.44. The third-order valence-corrected chi connectivity index (χ3v) is 5.89. The molecule has 0 bridgehead atoms. The Labute approximate surface area is 154 Å². The SMILES string of the molecule is FC(F)(F)c1cnc(Sc2nnc(-c3cccs3)n2C2CC2)c(Cl)c1. The lowest BCUT2D eigenvalue weighted by Crippen LogP contribution is -2.06. The summed E-state index contributed by atoms with van der Waals surface area (Å²) in [7, 11) is 0. The zero-order valence-corrected chi connectivity index (χ0v) is 14.9. The molecule has 1 aliphatic rings. The Morgan fingerprint density at radius 1 is 1.28 bits per heavy atom. The van der Waals surface area contributed by atoms with Crippen LogP contribution in [-0.4, -0.2) is 19.7 Å². The second kappa shape index (κ2) is 6.30. The molecule has 10 heteroatoms. The van der Waals surface area contributed by atoms with Crippen molar-refractivity contribution in [3.05, 3.63) is 40.4 Å². The molecule has 3 aromatic rings. The van der Waals surface area contributed by atoms with E-state index >= 15 is 0 Å². The fraction of sp³-hybridized carbons (Fsp3) is 0.267. The van der Waals surface area contributed by atoms with Crippen LogP contribution in [0.25, 0.3) is 10.7 Å². The molecule has 1 aliphatic carbocycles. The van der Waals surface area contributed by atoms with Crippen molar-refractivity contribution in [2.45, 2.75) is 35.2 Å². The lowest BCUT2D eigenvalue weighted by molar-refractivity contribution is -0.137. The van der Waals surface area contributed by atoms with Crippen molar-refractivity contribution in [2.24, 2.45) is 0 Å². The van der Waals surface area contributed by atoms with Crippen molar-refractivity contribution in [1.29, 1.82) is 0 Å². The van der Waals surface area contributed by atoms with Gasteiger partial charge in [0.1, 0.15) is 5.03 Å². The van der Waals surface area contributed by atoms with Crippen LogP contribution >= 0.6 is 34.7 Å². The van der Waals surface area contributed by atoms with E-state index in [0.29, 0.717) is 11.2 Å². The second-order valence-electron chi connectivity index (χ2n) is 5.50. The quantitative estimate of drug-likeness (QED) is 0.573. The Morgan fingerprint density at radius 3 is 2.68 bits per heavy atom. The molecule has 130 valence electrons. The molecule has 0 radical (unpaired) electrons. The van der Waals surface area contributed by atoms with Gasteiger partial charge in [-0.05, 0) is 42.1 Å². The molecule has 4 rings (SSSR count). The molecule has 1 fully saturated rings. The molecule has 0 atom stereocenters. The van der Waals surface area contributed by atoms with Gasteiger partial charge in [-0.1, -0.05) is 17.7 Å². The first-order chi connectivity index (χ1) is 11.9. The number of thiophene rings is 1. The molecule has 0 unspecified atom stereocenters. The van der Waals surface area contributed by atoms with E-state index in [4.69, 9.17) is 11.6 Å². The molecule has 0 spiro atoms. The maximum absolute atomic E-state index is 12.7. The zero-order chi connectivity index (χ0) is 17.6. The van der Waals surface area contributed by atoms with Crippen molar-refractivity contribution in [3.63, 3.8) is 0 Å². The van der Waals surface area contributed by atoms with E-state index < -0.39 is 11.7 Å². The molecule has 0 N–H and O–H groups in total. The van der Waals surface area contributed by atoms with Crippen LogP contribution in [0.1, 0.15) is 24.4 Å². The Kier molecular flexibility index (Phi) is 4.25. The summed E-state index contributed by atoms with van der Waals surface area (Å²) in [5, 5.41) is 11.2. The van der Waals surface area contributed by atoms with E-state index in [2.05, 4.69) is 15.2 Å². The minimum Gasteiger partial charge on any atom is -0.298 e. The fourth-order valence-electron chi connectivity index (χ4n) is 2.32. The van der Waals surface area contributed by atoms with E-state index in [0.717, 1.165) is 47.6 Å². The maximum Gasteiger partial charge on any atom is 0.417 e. The van der Waals surface area contributed by atoms with Crippen LogP contribution in [0.4, 0.5) is 13.2 Å². The van der Waals surface area contributed by atoms with Crippen molar-refractivity contribution in [2.75, 3.05) is 0 Å². The Bertz CT molecular complexity index is 904. The lowest BCUT2D eigenvalue weighted by Gasteiger charge is -2.10. The highest BCUT2D eigenvalue weighted by atomic mass is 35.5. The molecule has 1 saturated carbocycles. The summed E-state index contributed by atoms with van der Waals surface area (Å²) in [4.78, 5) is 4.86. The molecule has 0 amide bonds. The minimum atomic E-state index is -4.47. The molecular weight excluding hydrogens is 393 g/mol. The predicted molar refractivity (Wildman–Crippen MR) is 90.0 cm³/mol. The molecule has 0 aliphatic heterocycles. The van der Waals surface area contributed by atoms with Gasteiger partial charge in [-0.3, -0.25) is 4.57 Å². The van der Waals surface area contributed by atoms with Gasteiger partial charge in [0.15, 0.2) is 11.0 Å². The summed E-state index contributed by atoms with van der Waals surface area (Å²) in [6, 6.07) is 5.09. The lowest BCUT2D eigenvalue weighted by atomic mass is 10.3. The monoisotopic (exact) mass is 402 g/mol. The summed E-state index contributed by atoms with van der Waals surface area (Å²) >= 11 is 8.69. The van der Waals surface area contributed by atoms with Crippen molar-refractivity contribution >= 4 is 34.7 Å². The van der Waals surface area contributed by atoms with E-state index in [-0.39, 0.29) is 10.0 Å². The Balaban J connectivity index is 1.68. The van der Waals surface area contributed by atoms with Crippen LogP contribution < -0.4 is 0 Å². The van der Waals surface area contributed by atoms with Gasteiger partial charge in [0, 0.05) is 12.2 Å². The highest BCUT2D eigenvalue weighted by molar-refractivity contribution is 7.99. The number of pyridine rings is 1. The standard InChI is InChI=1S/C15H10ClF3N4S2/c16-10-6-8(15(17,18)19)7-20-13(10)25-14-22-21-12(11-2-1-5-24-11)23(14)9-3-4-9/h1-2,5-7,9H,3-4H2. The molecule has 3 aromatic heterocycles. The third kappa shape index (κ3) is 3.40. The van der Waals surface area contributed by atoms with Crippen LogP contribution in [-0.2, 0) is 6.18 Å². The first kappa shape index (κ1) is 16.9. The molecule has 0 aromatic carbocycles. The topological polar surface area (TPSA) is 43.6 Å². The summed E-state index contributed by atoms with van der Waals surface area (Å²) in [6.07, 6.45) is -1.64. The second-order valence-corrected chi connectivity index (χ2v) is 7.81. The van der Waals surface area contributed by atoms with Crippen molar-refractivity contribution < 1.29 is 13.2 Å². The van der Waals surface area contributed by atoms with Gasteiger partial charge in [-0.15, -0.1) is 21.5 Å². The zero-order valence-electron chi connectivity index (χ0n) is 12.5. The number of hydrogen-bond acceptors (Lipinski definition) is 5. The largest absolute Gasteiger partial charge is 0.417 e. The van der Waals surface area contributed by atoms with Crippen LogP contribution in [0.3, 0.4) is 0 Å². The van der Waals surface area contributed by atoms with Gasteiger partial charge in [0.25, 0.3) is 0 Å². The first-order valence-corrected chi connectivity index (χ1v) is 9.40. The van der Waals surface area contributed by atoms with Gasteiger partial charge >= 0.3 is 6.18 Å². The Hall–Kier alpha value is -1.58. The average molecular weight is 403 g/mol. The average Bonchev–Trinajstić information content (AvgIpc) is 3.08.